The number of nitrogens with zero attached hydrogens (tertiary/aromatic N) is 2. The number of aliphatic hydroxyl groups is 1. The number of hydrogen-bond donors (Lipinski definition) is 3. The molecule has 0 spiro atoms. The number of benzene rings is 1. The first-order valence-electron chi connectivity index (χ1n) is 12.7. The summed E-state index contributed by atoms with van der Waals surface area (Å²) in [6.45, 7) is 12.4. The first-order valence-corrected chi connectivity index (χ1v) is 14.2. The molecule has 4 N–H and O–H groups in total. The van der Waals surface area contributed by atoms with Crippen molar-refractivity contribution in [2.75, 3.05) is 12.3 Å². The largest absolute Gasteiger partial charge is 0.493 e. The van der Waals surface area contributed by atoms with Gasteiger partial charge in [-0.05, 0) is 61.1 Å². The van der Waals surface area contributed by atoms with E-state index < -0.39 is 22.1 Å². The van der Waals surface area contributed by atoms with E-state index in [1.807, 2.05) is 20.8 Å². The molecule has 0 fully saturated rings. The maximum absolute atomic E-state index is 14.4. The molecule has 0 aliphatic rings. The van der Waals surface area contributed by atoms with Crippen LogP contribution in [0.3, 0.4) is 0 Å². The topological polar surface area (TPSA) is 137 Å². The van der Waals surface area contributed by atoms with Crippen LogP contribution in [0.4, 0.5) is 10.2 Å². The van der Waals surface area contributed by atoms with Gasteiger partial charge < -0.3 is 20.3 Å². The lowest BCUT2D eigenvalue weighted by Gasteiger charge is -2.25. The highest BCUT2D eigenvalue weighted by molar-refractivity contribution is 7.89. The highest BCUT2D eigenvalue weighted by Crippen LogP contribution is 2.32. The van der Waals surface area contributed by atoms with Crippen molar-refractivity contribution in [3.05, 3.63) is 59.9 Å². The van der Waals surface area contributed by atoms with Crippen molar-refractivity contribution in [3.8, 4) is 22.9 Å². The summed E-state index contributed by atoms with van der Waals surface area (Å²) in [4.78, 5) is 8.37. The minimum absolute atomic E-state index is 0.00824. The number of sulfonamides is 1. The Morgan fingerprint density at radius 3 is 2.44 bits per heavy atom. The maximum Gasteiger partial charge on any atom is 0.260 e. The predicted octanol–water partition coefficient (Wildman–Crippen LogP) is 5.07. The number of nitrogens with one attached hydrogen (secondary N) is 1. The molecule has 0 aliphatic heterocycles. The zero-order chi connectivity index (χ0) is 29.0. The second-order valence-electron chi connectivity index (χ2n) is 11.1. The molecular formula is C28H37FN4O5S. The Labute approximate surface area is 229 Å². The van der Waals surface area contributed by atoms with Crippen LogP contribution < -0.4 is 19.9 Å². The number of ether oxygens (including phenoxy) is 2. The van der Waals surface area contributed by atoms with Crippen molar-refractivity contribution in [3.63, 3.8) is 0 Å². The van der Waals surface area contributed by atoms with Gasteiger partial charge in [0, 0.05) is 11.6 Å². The van der Waals surface area contributed by atoms with E-state index in [0.717, 1.165) is 0 Å². The number of aromatic nitrogens is 2. The van der Waals surface area contributed by atoms with Crippen LogP contribution in [0.25, 0.3) is 11.3 Å². The van der Waals surface area contributed by atoms with Gasteiger partial charge in [-0.15, -0.1) is 0 Å². The molecule has 0 saturated carbocycles. The average Bonchev–Trinajstić information content (AvgIpc) is 2.81. The summed E-state index contributed by atoms with van der Waals surface area (Å²) in [5.74, 6) is 0.143. The number of halogens is 1. The predicted molar refractivity (Wildman–Crippen MR) is 148 cm³/mol. The molecule has 0 amide bonds. The first-order chi connectivity index (χ1) is 18.1. The van der Waals surface area contributed by atoms with E-state index in [1.165, 1.54) is 36.4 Å². The van der Waals surface area contributed by atoms with Crippen molar-refractivity contribution < 1.29 is 27.4 Å². The average molecular weight is 561 g/mol. The third kappa shape index (κ3) is 8.87. The van der Waals surface area contributed by atoms with Crippen LogP contribution in [0, 0.1) is 17.2 Å². The van der Waals surface area contributed by atoms with E-state index in [4.69, 9.17) is 15.2 Å². The van der Waals surface area contributed by atoms with Crippen molar-refractivity contribution in [1.29, 1.82) is 0 Å². The number of nitrogen functional groups attached to an aromatic ring is 1. The second-order valence-corrected chi connectivity index (χ2v) is 12.7. The number of aliphatic hydroxyl groups excluding tert-OH is 1. The Hall–Kier alpha value is -3.28. The van der Waals surface area contributed by atoms with Crippen LogP contribution in [0.1, 0.15) is 59.8 Å². The van der Waals surface area contributed by atoms with E-state index in [0.29, 0.717) is 30.0 Å². The summed E-state index contributed by atoms with van der Waals surface area (Å²) in [5.41, 5.74) is 6.43. The molecule has 2 atom stereocenters. The van der Waals surface area contributed by atoms with Gasteiger partial charge in [0.15, 0.2) is 5.03 Å². The number of nitrogens with two attached hydrogens (primary N) is 1. The minimum atomic E-state index is -4.23. The fraction of sp³-hybridized carbons (Fsp3) is 0.429. The third-order valence-corrected chi connectivity index (χ3v) is 6.75. The van der Waals surface area contributed by atoms with Gasteiger partial charge in [0.2, 0.25) is 5.88 Å². The molecule has 0 aliphatic carbocycles. The van der Waals surface area contributed by atoms with E-state index in [2.05, 4.69) is 35.5 Å². The normalized spacial score (nSPS) is 13.8. The zero-order valence-corrected chi connectivity index (χ0v) is 23.9. The Balaban J connectivity index is 1.99. The molecule has 212 valence electrons. The summed E-state index contributed by atoms with van der Waals surface area (Å²) < 4.78 is 54.2. The Kier molecular flexibility index (Phi) is 9.52. The maximum atomic E-state index is 14.4. The summed E-state index contributed by atoms with van der Waals surface area (Å²) >= 11 is 0. The zero-order valence-electron chi connectivity index (χ0n) is 23.1. The molecule has 0 saturated heterocycles. The van der Waals surface area contributed by atoms with Crippen LogP contribution in [0.2, 0.25) is 0 Å². The Bertz CT molecular complexity index is 1390. The molecule has 9 nitrogen and oxygen atoms in total. The van der Waals surface area contributed by atoms with Crippen molar-refractivity contribution in [1.82, 2.24) is 14.7 Å². The fourth-order valence-corrected chi connectivity index (χ4v) is 4.94. The highest BCUT2D eigenvalue weighted by Gasteiger charge is 2.26. The fourth-order valence-electron chi connectivity index (χ4n) is 3.92. The number of anilines is 1. The van der Waals surface area contributed by atoms with E-state index in [-0.39, 0.29) is 39.7 Å². The standard InChI is InChI=1S/C28H37FN4O5S/c1-17(2)16-37-21-13-19(12-20(29)14-21)23-11-10-22(27(31-23)38-18(3)15-28(4,5)6)26(34)33-39(35,36)25-9-7-8-24(30)32-25/h7-14,17-18,26,33-34H,15-16H2,1-6H3,(H2,30,32). The van der Waals surface area contributed by atoms with Gasteiger partial charge in [-0.25, -0.2) is 22.8 Å². The number of rotatable bonds is 11. The summed E-state index contributed by atoms with van der Waals surface area (Å²) in [6.07, 6.45) is -1.39. The molecule has 2 heterocycles. The van der Waals surface area contributed by atoms with Gasteiger partial charge in [0.1, 0.15) is 23.6 Å². The van der Waals surface area contributed by atoms with Gasteiger partial charge >= 0.3 is 0 Å². The quantitative estimate of drug-likeness (QED) is 0.277. The molecule has 39 heavy (non-hydrogen) atoms. The van der Waals surface area contributed by atoms with Crippen molar-refractivity contribution >= 4 is 15.8 Å². The van der Waals surface area contributed by atoms with Crippen LogP contribution >= 0.6 is 0 Å². The molecule has 3 aromatic rings. The van der Waals surface area contributed by atoms with Gasteiger partial charge in [0.25, 0.3) is 10.0 Å². The lowest BCUT2D eigenvalue weighted by Crippen LogP contribution is -2.30. The van der Waals surface area contributed by atoms with Crippen molar-refractivity contribution in [2.24, 2.45) is 11.3 Å². The molecular weight excluding hydrogens is 523 g/mol. The number of hydrogen-bond acceptors (Lipinski definition) is 8. The van der Waals surface area contributed by atoms with Crippen LogP contribution in [0.15, 0.2) is 53.6 Å². The number of pyridine rings is 2. The minimum Gasteiger partial charge on any atom is -0.493 e. The van der Waals surface area contributed by atoms with E-state index in [1.54, 1.807) is 12.1 Å². The van der Waals surface area contributed by atoms with Gasteiger partial charge in [0.05, 0.1) is 24.0 Å². The monoisotopic (exact) mass is 560 g/mol. The molecule has 0 radical (unpaired) electrons. The lowest BCUT2D eigenvalue weighted by molar-refractivity contribution is 0.132. The molecule has 2 aromatic heterocycles. The Morgan fingerprint density at radius 1 is 1.08 bits per heavy atom. The first kappa shape index (κ1) is 30.3. The molecule has 1 aromatic carbocycles. The summed E-state index contributed by atoms with van der Waals surface area (Å²) in [5, 5.41) is 10.6. The second kappa shape index (κ2) is 12.3. The van der Waals surface area contributed by atoms with Crippen molar-refractivity contribution in [2.45, 2.75) is 65.3 Å². The molecule has 0 bridgehead atoms. The highest BCUT2D eigenvalue weighted by atomic mass is 32.2. The molecule has 3 rings (SSSR count). The summed E-state index contributed by atoms with van der Waals surface area (Å²) in [7, 11) is -4.23. The SMILES string of the molecule is CC(C)COc1cc(F)cc(-c2ccc(C(O)NS(=O)(=O)c3cccc(N)n3)c(OC(C)CC(C)(C)C)n2)c1. The molecule has 11 heteroatoms. The van der Waals surface area contributed by atoms with Crippen LogP contribution in [-0.4, -0.2) is 36.2 Å². The Morgan fingerprint density at radius 2 is 1.79 bits per heavy atom. The van der Waals surface area contributed by atoms with Gasteiger partial charge in [-0.1, -0.05) is 40.7 Å². The van der Waals surface area contributed by atoms with Crippen LogP contribution in [-0.2, 0) is 10.0 Å². The van der Waals surface area contributed by atoms with E-state index in [9.17, 15) is 17.9 Å². The van der Waals surface area contributed by atoms with E-state index >= 15 is 0 Å². The van der Waals surface area contributed by atoms with Gasteiger partial charge in [-0.2, -0.15) is 4.72 Å². The van der Waals surface area contributed by atoms with Crippen LogP contribution in [0.5, 0.6) is 11.6 Å². The smallest absolute Gasteiger partial charge is 0.260 e. The third-order valence-electron chi connectivity index (χ3n) is 5.43. The lowest BCUT2D eigenvalue weighted by atomic mass is 9.90. The summed E-state index contributed by atoms with van der Waals surface area (Å²) in [6, 6.07) is 11.5. The van der Waals surface area contributed by atoms with Gasteiger partial charge in [-0.3, -0.25) is 0 Å². The molecule has 2 unspecified atom stereocenters.